The van der Waals surface area contributed by atoms with Gasteiger partial charge in [0.2, 0.25) is 0 Å². The minimum atomic E-state index is -3.83. The number of rotatable bonds is 4. The third-order valence-electron chi connectivity index (χ3n) is 2.52. The largest absolute Gasteiger partial charge is 0.601 e. The van der Waals surface area contributed by atoms with Gasteiger partial charge in [-0.15, -0.1) is 0 Å². The molecule has 0 amide bonds. The fraction of sp³-hybridized carbons (Fsp3) is 0.0769. The first-order valence-corrected chi connectivity index (χ1v) is 8.62. The van der Waals surface area contributed by atoms with Crippen LogP contribution in [0.2, 0.25) is 0 Å². The lowest BCUT2D eigenvalue weighted by molar-refractivity contribution is 0.584. The molecule has 0 saturated heterocycles. The van der Waals surface area contributed by atoms with E-state index in [9.17, 15) is 13.0 Å². The highest BCUT2D eigenvalue weighted by Gasteiger charge is 2.29. The molecule has 2 aromatic rings. The van der Waals surface area contributed by atoms with E-state index in [4.69, 9.17) is 0 Å². The normalized spacial score (nSPS) is 13.4. The lowest BCUT2D eigenvalue weighted by Gasteiger charge is -2.10. The summed E-state index contributed by atoms with van der Waals surface area (Å²) in [6, 6.07) is 12.1. The van der Waals surface area contributed by atoms with Crippen LogP contribution in [0.15, 0.2) is 60.0 Å². The maximum atomic E-state index is 12.2. The molecule has 0 aromatic heterocycles. The minimum Gasteiger partial charge on any atom is -0.601 e. The summed E-state index contributed by atoms with van der Waals surface area (Å²) in [5, 5.41) is 1.41. The quantitative estimate of drug-likeness (QED) is 0.491. The van der Waals surface area contributed by atoms with E-state index in [2.05, 4.69) is 6.58 Å². The zero-order chi connectivity index (χ0) is 13.2. The van der Waals surface area contributed by atoms with Gasteiger partial charge in [0.1, 0.15) is 10.6 Å². The summed E-state index contributed by atoms with van der Waals surface area (Å²) in [6.07, 6.45) is 1.35. The number of fused-ring (bicyclic) bond motifs is 1. The van der Waals surface area contributed by atoms with E-state index in [-0.39, 0.29) is 10.6 Å². The number of benzene rings is 2. The molecule has 1 unspecified atom stereocenters. The average Bonchev–Trinajstić information content (AvgIpc) is 2.38. The summed E-state index contributed by atoms with van der Waals surface area (Å²) in [4.78, 5) is 0.112. The molecule has 0 aliphatic carbocycles. The second-order valence-corrected chi connectivity index (χ2v) is 8.41. The Morgan fingerprint density at radius 2 is 1.83 bits per heavy atom. The maximum absolute atomic E-state index is 12.2. The van der Waals surface area contributed by atoms with Crippen molar-refractivity contribution in [2.75, 3.05) is 5.75 Å². The van der Waals surface area contributed by atoms with Crippen LogP contribution in [0.4, 0.5) is 0 Å². The first-order valence-electron chi connectivity index (χ1n) is 5.30. The summed E-state index contributed by atoms with van der Waals surface area (Å²) in [6.45, 7) is 3.41. The smallest absolute Gasteiger partial charge is 0.343 e. The van der Waals surface area contributed by atoms with Gasteiger partial charge in [-0.3, -0.25) is 0 Å². The van der Waals surface area contributed by atoms with Crippen molar-refractivity contribution in [3.8, 4) is 0 Å². The molecule has 1 atom stereocenters. The predicted molar refractivity (Wildman–Crippen MR) is 74.3 cm³/mol. The molecule has 94 valence electrons. The SMILES string of the molecule is C=CC[S+]([O-])S(=O)(=O)c1cccc2ccccc12. The monoisotopic (exact) mass is 280 g/mol. The molecule has 0 bridgehead atoms. The van der Waals surface area contributed by atoms with Gasteiger partial charge in [0.15, 0.2) is 0 Å². The van der Waals surface area contributed by atoms with E-state index in [1.807, 2.05) is 18.2 Å². The standard InChI is InChI=1S/C13H12O3S2/c1-2-10-17(14)18(15,16)13-9-5-7-11-6-3-4-8-12(11)13/h2-9H,1,10H2. The number of hydrogen-bond acceptors (Lipinski definition) is 3. The van der Waals surface area contributed by atoms with E-state index in [1.165, 1.54) is 12.1 Å². The van der Waals surface area contributed by atoms with Gasteiger partial charge in [-0.2, -0.15) is 8.42 Å². The van der Waals surface area contributed by atoms with Gasteiger partial charge < -0.3 is 4.55 Å². The first-order chi connectivity index (χ1) is 8.57. The predicted octanol–water partition coefficient (Wildman–Crippen LogP) is 2.46. The molecule has 0 spiro atoms. The van der Waals surface area contributed by atoms with Gasteiger partial charge in [-0.25, -0.2) is 0 Å². The highest BCUT2D eigenvalue weighted by Crippen LogP contribution is 2.26. The lowest BCUT2D eigenvalue weighted by atomic mass is 10.1. The average molecular weight is 280 g/mol. The van der Waals surface area contributed by atoms with E-state index >= 15 is 0 Å². The lowest BCUT2D eigenvalue weighted by Crippen LogP contribution is -2.18. The Morgan fingerprint density at radius 1 is 1.17 bits per heavy atom. The van der Waals surface area contributed by atoms with Crippen LogP contribution in [-0.4, -0.2) is 18.7 Å². The molecule has 0 saturated carbocycles. The van der Waals surface area contributed by atoms with Crippen molar-refractivity contribution >= 4 is 29.8 Å². The Kier molecular flexibility index (Phi) is 3.75. The van der Waals surface area contributed by atoms with Crippen molar-refractivity contribution in [1.29, 1.82) is 0 Å². The minimum absolute atomic E-state index is 0.0639. The van der Waals surface area contributed by atoms with E-state index in [0.717, 1.165) is 5.39 Å². The molecule has 0 heterocycles. The van der Waals surface area contributed by atoms with Crippen LogP contribution in [-0.2, 0) is 19.1 Å². The van der Waals surface area contributed by atoms with Crippen molar-refractivity contribution in [3.05, 3.63) is 55.1 Å². The summed E-state index contributed by atoms with van der Waals surface area (Å²) in [5.74, 6) is -0.0639. The summed E-state index contributed by atoms with van der Waals surface area (Å²) < 4.78 is 36.1. The van der Waals surface area contributed by atoms with Crippen LogP contribution >= 0.6 is 0 Å². The zero-order valence-corrected chi connectivity index (χ0v) is 11.2. The molecule has 2 aromatic carbocycles. The molecule has 0 radical (unpaired) electrons. The highest BCUT2D eigenvalue weighted by atomic mass is 33.2. The van der Waals surface area contributed by atoms with Crippen LogP contribution in [0.3, 0.4) is 0 Å². The second-order valence-electron chi connectivity index (χ2n) is 3.69. The van der Waals surface area contributed by atoms with Crippen molar-refractivity contribution in [2.45, 2.75) is 4.90 Å². The Balaban J connectivity index is 2.64. The fourth-order valence-electron chi connectivity index (χ4n) is 1.70. The van der Waals surface area contributed by atoms with Crippen LogP contribution in [0, 0.1) is 0 Å². The van der Waals surface area contributed by atoms with Gasteiger partial charge in [0, 0.05) is 5.39 Å². The van der Waals surface area contributed by atoms with E-state index in [1.54, 1.807) is 18.2 Å². The molecular formula is C13H12O3S2. The summed E-state index contributed by atoms with van der Waals surface area (Å²) in [5.41, 5.74) is 0. The molecule has 18 heavy (non-hydrogen) atoms. The molecule has 0 N–H and O–H groups in total. The molecule has 3 nitrogen and oxygen atoms in total. The molecule has 0 aliphatic rings. The third kappa shape index (κ3) is 2.29. The van der Waals surface area contributed by atoms with Gasteiger partial charge >= 0.3 is 8.87 Å². The first kappa shape index (κ1) is 13.1. The van der Waals surface area contributed by atoms with Gasteiger partial charge in [0.05, 0.1) is 10.2 Å². The Labute approximate surface area is 109 Å². The van der Waals surface area contributed by atoms with Crippen LogP contribution in [0.1, 0.15) is 0 Å². The fourth-order valence-corrected chi connectivity index (χ4v) is 4.83. The maximum Gasteiger partial charge on any atom is 0.343 e. The molecule has 0 aliphatic heterocycles. The van der Waals surface area contributed by atoms with Crippen LogP contribution in [0.25, 0.3) is 10.8 Å². The zero-order valence-electron chi connectivity index (χ0n) is 9.57. The molecule has 5 heteroatoms. The Morgan fingerprint density at radius 3 is 2.56 bits per heavy atom. The highest BCUT2D eigenvalue weighted by molar-refractivity contribution is 8.67. The van der Waals surface area contributed by atoms with Crippen LogP contribution < -0.4 is 0 Å². The molecule has 2 rings (SSSR count). The Hall–Kier alpha value is -1.30. The van der Waals surface area contributed by atoms with Crippen LogP contribution in [0.5, 0.6) is 0 Å². The van der Waals surface area contributed by atoms with Crippen molar-refractivity contribution in [1.82, 2.24) is 0 Å². The van der Waals surface area contributed by atoms with Crippen molar-refractivity contribution in [3.63, 3.8) is 0 Å². The van der Waals surface area contributed by atoms with Gasteiger partial charge in [-0.05, 0) is 17.5 Å². The summed E-state index contributed by atoms with van der Waals surface area (Å²) >= 11 is 0. The van der Waals surface area contributed by atoms with Crippen molar-refractivity contribution < 1.29 is 13.0 Å². The van der Waals surface area contributed by atoms with E-state index in [0.29, 0.717) is 5.39 Å². The van der Waals surface area contributed by atoms with E-state index < -0.39 is 19.1 Å². The van der Waals surface area contributed by atoms with Crippen molar-refractivity contribution in [2.24, 2.45) is 0 Å². The molecule has 0 fully saturated rings. The second kappa shape index (κ2) is 5.14. The topological polar surface area (TPSA) is 57.2 Å². The third-order valence-corrected chi connectivity index (χ3v) is 6.82. The molecular weight excluding hydrogens is 268 g/mol. The van der Waals surface area contributed by atoms with Gasteiger partial charge in [0.25, 0.3) is 0 Å². The van der Waals surface area contributed by atoms with Gasteiger partial charge in [-0.1, -0.05) is 43.0 Å². The number of hydrogen-bond donors (Lipinski definition) is 0. The summed E-state index contributed by atoms with van der Waals surface area (Å²) in [7, 11) is -5.81. The Bertz CT molecular complexity index is 672.